The van der Waals surface area contributed by atoms with E-state index in [0.717, 1.165) is 6.42 Å². The van der Waals surface area contributed by atoms with Gasteiger partial charge < -0.3 is 18.7 Å². The molecule has 0 amide bonds. The van der Waals surface area contributed by atoms with Crippen LogP contribution in [0.5, 0.6) is 0 Å². The largest absolute Gasteiger partial charge is 0.396 e. The summed E-state index contributed by atoms with van der Waals surface area (Å²) in [6, 6.07) is 0. The Morgan fingerprint density at radius 2 is 1.65 bits per heavy atom. The molecular weight excluding hydrogens is 308 g/mol. The van der Waals surface area contributed by atoms with Gasteiger partial charge >= 0.3 is 8.56 Å². The zero-order valence-corrected chi connectivity index (χ0v) is 17.2. The summed E-state index contributed by atoms with van der Waals surface area (Å²) >= 11 is 0. The zero-order chi connectivity index (χ0) is 17.6. The van der Waals surface area contributed by atoms with Crippen molar-refractivity contribution in [3.8, 4) is 0 Å². The van der Waals surface area contributed by atoms with Crippen LogP contribution in [0.2, 0.25) is 10.1 Å². The van der Waals surface area contributed by atoms with Crippen LogP contribution in [0.25, 0.3) is 0 Å². The summed E-state index contributed by atoms with van der Waals surface area (Å²) in [6.45, 7) is 18.5. The summed E-state index contributed by atoms with van der Waals surface area (Å²) in [5, 5.41) is 9.48. The fourth-order valence-corrected chi connectivity index (χ4v) is 9.47. The highest BCUT2D eigenvalue weighted by Crippen LogP contribution is 2.55. The van der Waals surface area contributed by atoms with Gasteiger partial charge in [0.1, 0.15) is 6.10 Å². The first-order valence-electron chi connectivity index (χ1n) is 9.01. The molecule has 0 saturated carbocycles. The van der Waals surface area contributed by atoms with Crippen molar-refractivity contribution in [1.82, 2.24) is 0 Å². The monoisotopic (exact) mass is 344 g/mol. The molecule has 23 heavy (non-hydrogen) atoms. The highest BCUT2D eigenvalue weighted by molar-refractivity contribution is 6.73. The Morgan fingerprint density at radius 1 is 1.09 bits per heavy atom. The highest BCUT2D eigenvalue weighted by Gasteiger charge is 2.62. The number of hydrogen-bond donors (Lipinski definition) is 1. The second-order valence-electron chi connectivity index (χ2n) is 9.60. The molecule has 0 aromatic heterocycles. The molecule has 2 aliphatic rings. The van der Waals surface area contributed by atoms with Gasteiger partial charge in [-0.15, -0.1) is 0 Å². The lowest BCUT2D eigenvalue weighted by molar-refractivity contribution is -0.194. The second kappa shape index (κ2) is 6.41. The van der Waals surface area contributed by atoms with E-state index in [1.165, 1.54) is 0 Å². The Kier molecular flexibility index (Phi) is 5.40. The summed E-state index contributed by atoms with van der Waals surface area (Å²) in [5.74, 6) is 0.545. The number of ether oxygens (including phenoxy) is 1. The Labute approximate surface area is 143 Å². The van der Waals surface area contributed by atoms with Crippen LogP contribution < -0.4 is 0 Å². The summed E-state index contributed by atoms with van der Waals surface area (Å²) in [6.07, 6.45) is 1.19. The maximum Gasteiger partial charge on any atom is 0.349 e. The summed E-state index contributed by atoms with van der Waals surface area (Å²) in [5.41, 5.74) is 0. The smallest absolute Gasteiger partial charge is 0.349 e. The first-order valence-corrected chi connectivity index (χ1v) is 10.8. The van der Waals surface area contributed by atoms with E-state index >= 15 is 0 Å². The van der Waals surface area contributed by atoms with Crippen LogP contribution in [0, 0.1) is 11.8 Å². The minimum absolute atomic E-state index is 0.00414. The summed E-state index contributed by atoms with van der Waals surface area (Å²) in [4.78, 5) is 0. The van der Waals surface area contributed by atoms with E-state index in [2.05, 4.69) is 55.4 Å². The van der Waals surface area contributed by atoms with Crippen molar-refractivity contribution in [2.24, 2.45) is 11.8 Å². The maximum atomic E-state index is 9.46. The van der Waals surface area contributed by atoms with Crippen molar-refractivity contribution in [2.75, 3.05) is 13.2 Å². The SMILES string of the molecule is C[C@H](CO)[C@@H]1O[C@@H]2CO[Si](C(C)(C)C)(C(C)(C)C)O[C@@H]2C[C@@H]1C. The van der Waals surface area contributed by atoms with Gasteiger partial charge in [0.2, 0.25) is 0 Å². The van der Waals surface area contributed by atoms with Gasteiger partial charge in [0.05, 0.1) is 18.8 Å². The standard InChI is InChI=1S/C18H36O4Si/c1-12-9-14-15(21-16(12)13(2)10-19)11-20-23(22-14,17(3,4)5)18(6,7)8/h12-16,19H,9-11H2,1-8H3/t12-,13+,14+,15+,16+/m0/s1. The molecule has 136 valence electrons. The van der Waals surface area contributed by atoms with Crippen LogP contribution in [0.3, 0.4) is 0 Å². The third-order valence-corrected chi connectivity index (χ3v) is 10.7. The lowest BCUT2D eigenvalue weighted by Gasteiger charge is -2.57. The van der Waals surface area contributed by atoms with Crippen LogP contribution >= 0.6 is 0 Å². The predicted molar refractivity (Wildman–Crippen MR) is 94.7 cm³/mol. The van der Waals surface area contributed by atoms with Crippen LogP contribution in [-0.4, -0.2) is 45.2 Å². The zero-order valence-electron chi connectivity index (χ0n) is 16.2. The summed E-state index contributed by atoms with van der Waals surface area (Å²) < 4.78 is 19.5. The van der Waals surface area contributed by atoms with E-state index in [4.69, 9.17) is 13.6 Å². The predicted octanol–water partition coefficient (Wildman–Crippen LogP) is 3.87. The fourth-order valence-electron chi connectivity index (χ4n) is 4.50. The van der Waals surface area contributed by atoms with Crippen molar-refractivity contribution in [1.29, 1.82) is 0 Å². The second-order valence-corrected chi connectivity index (χ2v) is 14.4. The molecule has 0 radical (unpaired) electrons. The number of rotatable bonds is 2. The molecule has 2 aliphatic heterocycles. The molecule has 1 N–H and O–H groups in total. The molecule has 2 heterocycles. The van der Waals surface area contributed by atoms with Crippen molar-refractivity contribution < 1.29 is 18.7 Å². The Hall–Kier alpha value is 0.0569. The van der Waals surface area contributed by atoms with E-state index < -0.39 is 8.56 Å². The molecule has 0 aromatic rings. The first-order chi connectivity index (χ1) is 10.4. The van der Waals surface area contributed by atoms with Crippen molar-refractivity contribution in [3.63, 3.8) is 0 Å². The molecule has 2 rings (SSSR count). The molecular formula is C18H36O4Si. The molecule has 0 aliphatic carbocycles. The lowest BCUT2D eigenvalue weighted by atomic mass is 9.85. The van der Waals surface area contributed by atoms with E-state index in [9.17, 15) is 5.11 Å². The fraction of sp³-hybridized carbons (Fsp3) is 1.00. The highest BCUT2D eigenvalue weighted by atomic mass is 28.4. The van der Waals surface area contributed by atoms with Crippen molar-refractivity contribution in [2.45, 2.75) is 90.2 Å². The summed E-state index contributed by atoms with van der Waals surface area (Å²) in [7, 11) is -2.41. The minimum Gasteiger partial charge on any atom is -0.396 e. The van der Waals surface area contributed by atoms with Gasteiger partial charge in [-0.05, 0) is 12.3 Å². The molecule has 0 spiro atoms. The Balaban J connectivity index is 2.22. The van der Waals surface area contributed by atoms with Crippen LogP contribution in [0.1, 0.15) is 61.8 Å². The number of aliphatic hydroxyl groups excluding tert-OH is 1. The van der Waals surface area contributed by atoms with Crippen molar-refractivity contribution >= 4 is 8.56 Å². The van der Waals surface area contributed by atoms with E-state index in [1.807, 2.05) is 0 Å². The van der Waals surface area contributed by atoms with Crippen LogP contribution in [-0.2, 0) is 13.6 Å². The molecule has 0 bridgehead atoms. The molecule has 5 heteroatoms. The normalized spacial score (nSPS) is 36.4. The average Bonchev–Trinajstić information content (AvgIpc) is 2.42. The lowest BCUT2D eigenvalue weighted by Crippen LogP contribution is -2.67. The molecule has 4 nitrogen and oxygen atoms in total. The first kappa shape index (κ1) is 19.4. The third-order valence-electron chi connectivity index (χ3n) is 5.50. The minimum atomic E-state index is -2.41. The molecule has 5 atom stereocenters. The van der Waals surface area contributed by atoms with Gasteiger partial charge in [0.15, 0.2) is 0 Å². The molecule has 2 fully saturated rings. The average molecular weight is 345 g/mol. The van der Waals surface area contributed by atoms with E-state index in [-0.39, 0.29) is 40.9 Å². The Bertz CT molecular complexity index is 398. The number of aliphatic hydroxyl groups is 1. The van der Waals surface area contributed by atoms with Gasteiger partial charge in [0.25, 0.3) is 0 Å². The van der Waals surface area contributed by atoms with Crippen LogP contribution in [0.4, 0.5) is 0 Å². The topological polar surface area (TPSA) is 47.9 Å². The maximum absolute atomic E-state index is 9.46. The quantitative estimate of drug-likeness (QED) is 0.773. The van der Waals surface area contributed by atoms with Gasteiger partial charge in [-0.2, -0.15) is 0 Å². The van der Waals surface area contributed by atoms with E-state index in [0.29, 0.717) is 12.5 Å². The third kappa shape index (κ3) is 3.40. The number of fused-ring (bicyclic) bond motifs is 1. The van der Waals surface area contributed by atoms with Gasteiger partial charge in [0, 0.05) is 22.6 Å². The molecule has 0 aromatic carbocycles. The molecule has 2 saturated heterocycles. The van der Waals surface area contributed by atoms with Gasteiger partial charge in [-0.3, -0.25) is 0 Å². The molecule has 0 unspecified atom stereocenters. The van der Waals surface area contributed by atoms with Crippen LogP contribution in [0.15, 0.2) is 0 Å². The van der Waals surface area contributed by atoms with Gasteiger partial charge in [-0.1, -0.05) is 55.4 Å². The van der Waals surface area contributed by atoms with Gasteiger partial charge in [-0.25, -0.2) is 0 Å². The van der Waals surface area contributed by atoms with Crippen molar-refractivity contribution in [3.05, 3.63) is 0 Å². The van der Waals surface area contributed by atoms with E-state index in [1.54, 1.807) is 0 Å². The Morgan fingerprint density at radius 3 is 2.13 bits per heavy atom. The number of hydrogen-bond acceptors (Lipinski definition) is 4.